The van der Waals surface area contributed by atoms with Crippen LogP contribution >= 0.6 is 11.3 Å². The first kappa shape index (κ1) is 26.3. The molecule has 186 valence electrons. The van der Waals surface area contributed by atoms with Gasteiger partial charge in [0.25, 0.3) is 0 Å². The van der Waals surface area contributed by atoms with Gasteiger partial charge in [0.15, 0.2) is 0 Å². The number of carbonyl (C=O) groups excluding carboxylic acids is 2. The van der Waals surface area contributed by atoms with Crippen molar-refractivity contribution in [3.05, 3.63) is 41.0 Å². The third kappa shape index (κ3) is 5.67. The van der Waals surface area contributed by atoms with E-state index in [9.17, 15) is 14.7 Å². The highest BCUT2D eigenvalue weighted by Crippen LogP contribution is 2.29. The van der Waals surface area contributed by atoms with Gasteiger partial charge in [0.1, 0.15) is 6.04 Å². The third-order valence-electron chi connectivity index (χ3n) is 6.47. The van der Waals surface area contributed by atoms with E-state index in [4.69, 9.17) is 0 Å². The maximum atomic E-state index is 13.7. The van der Waals surface area contributed by atoms with E-state index in [2.05, 4.69) is 22.4 Å². The van der Waals surface area contributed by atoms with Gasteiger partial charge in [0, 0.05) is 25.6 Å². The van der Waals surface area contributed by atoms with Crippen molar-refractivity contribution >= 4 is 23.2 Å². The van der Waals surface area contributed by atoms with Crippen LogP contribution in [0.5, 0.6) is 0 Å². The van der Waals surface area contributed by atoms with Crippen LogP contribution in [0.1, 0.15) is 52.3 Å². The van der Waals surface area contributed by atoms with Gasteiger partial charge in [-0.25, -0.2) is 4.98 Å². The third-order valence-corrected chi connectivity index (χ3v) is 7.45. The van der Waals surface area contributed by atoms with Crippen molar-refractivity contribution in [2.24, 2.45) is 5.41 Å². The lowest BCUT2D eigenvalue weighted by Crippen LogP contribution is -2.56. The van der Waals surface area contributed by atoms with E-state index in [1.165, 1.54) is 0 Å². The molecule has 0 spiro atoms. The van der Waals surface area contributed by atoms with Gasteiger partial charge in [-0.3, -0.25) is 9.59 Å². The Morgan fingerprint density at radius 2 is 1.91 bits per heavy atom. The van der Waals surface area contributed by atoms with E-state index in [1.54, 1.807) is 28.2 Å². The monoisotopic (exact) mass is 486 g/mol. The summed E-state index contributed by atoms with van der Waals surface area (Å²) in [5.41, 5.74) is 4.67. The van der Waals surface area contributed by atoms with Crippen LogP contribution in [0, 0.1) is 12.3 Å². The highest BCUT2D eigenvalue weighted by atomic mass is 32.1. The normalized spacial score (nSPS) is 19.5. The molecule has 1 aromatic heterocycles. The molecule has 0 bridgehead atoms. The zero-order valence-corrected chi connectivity index (χ0v) is 22.1. The van der Waals surface area contributed by atoms with Crippen LogP contribution in [-0.2, 0) is 16.1 Å². The minimum absolute atomic E-state index is 0.0478. The summed E-state index contributed by atoms with van der Waals surface area (Å²) in [5.74, 6) is -0.260. The number of aliphatic hydroxyl groups excluding tert-OH is 1. The number of hydrogen-bond acceptors (Lipinski definition) is 6. The van der Waals surface area contributed by atoms with E-state index in [1.807, 2.05) is 59.2 Å². The Kier molecular flexibility index (Phi) is 8.16. The summed E-state index contributed by atoms with van der Waals surface area (Å²) in [6.45, 7) is 12.6. The molecule has 7 nitrogen and oxygen atoms in total. The van der Waals surface area contributed by atoms with Gasteiger partial charge in [-0.2, -0.15) is 0 Å². The van der Waals surface area contributed by atoms with E-state index in [0.717, 1.165) is 21.7 Å². The van der Waals surface area contributed by atoms with Crippen molar-refractivity contribution in [3.63, 3.8) is 0 Å². The van der Waals surface area contributed by atoms with E-state index < -0.39 is 18.2 Å². The molecule has 8 heteroatoms. The molecule has 34 heavy (non-hydrogen) atoms. The van der Waals surface area contributed by atoms with Crippen LogP contribution < -0.4 is 5.32 Å². The molecule has 1 fully saturated rings. The van der Waals surface area contributed by atoms with Crippen LogP contribution in [0.3, 0.4) is 0 Å². The lowest BCUT2D eigenvalue weighted by Gasteiger charge is -2.37. The molecule has 1 aromatic carbocycles. The second kappa shape index (κ2) is 10.5. The first-order chi connectivity index (χ1) is 15.9. The number of amides is 2. The first-order valence-corrected chi connectivity index (χ1v) is 12.8. The average Bonchev–Trinajstić information content (AvgIpc) is 3.36. The standard InChI is InChI=1S/C26H38N4O3S/c1-16(2)29(13-18-8-10-19(11-9-18)22-17(3)28-15-34-22)24(32)21-12-20(31)14-30(21)25(33)23(27-7)26(4,5)6/h8-11,15-16,20-21,23,27,31H,12-14H2,1-7H3/t20-,21+,23-/m1/s1. The van der Waals surface area contributed by atoms with Crippen LogP contribution in [-0.4, -0.2) is 69.5 Å². The van der Waals surface area contributed by atoms with Gasteiger partial charge in [-0.15, -0.1) is 11.3 Å². The minimum Gasteiger partial charge on any atom is -0.391 e. The molecule has 2 aromatic rings. The number of aliphatic hydroxyl groups is 1. The molecule has 2 heterocycles. The maximum Gasteiger partial charge on any atom is 0.246 e. The molecule has 3 rings (SSSR count). The second-order valence-corrected chi connectivity index (χ2v) is 11.4. The fourth-order valence-corrected chi connectivity index (χ4v) is 5.44. The molecule has 2 N–H and O–H groups in total. The zero-order valence-electron chi connectivity index (χ0n) is 21.3. The second-order valence-electron chi connectivity index (χ2n) is 10.5. The lowest BCUT2D eigenvalue weighted by molar-refractivity contribution is -0.147. The molecule has 0 radical (unpaired) electrons. The summed E-state index contributed by atoms with van der Waals surface area (Å²) in [6, 6.07) is 7.06. The number of hydrogen-bond donors (Lipinski definition) is 2. The molecule has 3 atom stereocenters. The number of nitrogens with one attached hydrogen (secondary N) is 1. The highest BCUT2D eigenvalue weighted by molar-refractivity contribution is 7.13. The summed E-state index contributed by atoms with van der Waals surface area (Å²) in [4.78, 5) is 35.9. The molecule has 0 unspecified atom stereocenters. The van der Waals surface area contributed by atoms with Gasteiger partial charge in [-0.1, -0.05) is 45.0 Å². The fraction of sp³-hybridized carbons (Fsp3) is 0.577. The van der Waals surface area contributed by atoms with Crippen LogP contribution in [0.4, 0.5) is 0 Å². The lowest BCUT2D eigenvalue weighted by atomic mass is 9.85. The van der Waals surface area contributed by atoms with E-state index >= 15 is 0 Å². The molecular formula is C26H38N4O3S. The Bertz CT molecular complexity index is 996. The predicted octanol–water partition coefficient (Wildman–Crippen LogP) is 3.45. The first-order valence-electron chi connectivity index (χ1n) is 11.9. The number of thiazole rings is 1. The van der Waals surface area contributed by atoms with E-state index in [0.29, 0.717) is 6.54 Å². The molecular weight excluding hydrogens is 448 g/mol. The number of rotatable bonds is 7. The summed E-state index contributed by atoms with van der Waals surface area (Å²) >= 11 is 1.62. The van der Waals surface area contributed by atoms with Gasteiger partial charge in [-0.05, 0) is 44.4 Å². The van der Waals surface area contributed by atoms with Crippen molar-refractivity contribution in [2.75, 3.05) is 13.6 Å². The summed E-state index contributed by atoms with van der Waals surface area (Å²) in [6.07, 6.45) is -0.441. The Morgan fingerprint density at radius 1 is 1.26 bits per heavy atom. The Hall–Kier alpha value is -2.29. The fourth-order valence-electron chi connectivity index (χ4n) is 4.63. The van der Waals surface area contributed by atoms with Gasteiger partial charge in [0.2, 0.25) is 11.8 Å². The number of aryl methyl sites for hydroxylation is 1. The van der Waals surface area contributed by atoms with Crippen molar-refractivity contribution in [1.29, 1.82) is 0 Å². The highest BCUT2D eigenvalue weighted by Gasteiger charge is 2.44. The Labute approximate surface area is 207 Å². The maximum absolute atomic E-state index is 13.7. The molecule has 1 aliphatic rings. The zero-order chi connectivity index (χ0) is 25.2. The number of nitrogens with zero attached hydrogens (tertiary/aromatic N) is 3. The molecule has 1 saturated heterocycles. The quantitative estimate of drug-likeness (QED) is 0.626. The van der Waals surface area contributed by atoms with E-state index in [-0.39, 0.29) is 36.2 Å². The number of likely N-dealkylation sites (N-methyl/N-ethyl adjacent to an activating group) is 1. The topological polar surface area (TPSA) is 85.8 Å². The Morgan fingerprint density at radius 3 is 2.41 bits per heavy atom. The van der Waals surface area contributed by atoms with Crippen molar-refractivity contribution < 1.29 is 14.7 Å². The number of benzene rings is 1. The smallest absolute Gasteiger partial charge is 0.246 e. The van der Waals surface area contributed by atoms with Crippen molar-refractivity contribution in [1.82, 2.24) is 20.1 Å². The molecule has 0 saturated carbocycles. The minimum atomic E-state index is -0.702. The number of carbonyl (C=O) groups is 2. The Balaban J connectivity index is 1.80. The SMILES string of the molecule is CN[C@H](C(=O)N1C[C@H](O)C[C@H]1C(=O)N(Cc1ccc(-c2scnc2C)cc1)C(C)C)C(C)(C)C. The summed E-state index contributed by atoms with van der Waals surface area (Å²) in [5, 5.41) is 13.5. The van der Waals surface area contributed by atoms with Gasteiger partial charge in [0.05, 0.1) is 28.2 Å². The van der Waals surface area contributed by atoms with Crippen LogP contribution in [0.2, 0.25) is 0 Å². The molecule has 0 aliphatic carbocycles. The summed E-state index contributed by atoms with van der Waals surface area (Å²) in [7, 11) is 1.76. The van der Waals surface area contributed by atoms with Crippen LogP contribution in [0.15, 0.2) is 29.8 Å². The predicted molar refractivity (Wildman–Crippen MR) is 136 cm³/mol. The average molecular weight is 487 g/mol. The van der Waals surface area contributed by atoms with Gasteiger partial charge >= 0.3 is 0 Å². The van der Waals surface area contributed by atoms with Crippen molar-refractivity contribution in [3.8, 4) is 10.4 Å². The largest absolute Gasteiger partial charge is 0.391 e. The van der Waals surface area contributed by atoms with Crippen LogP contribution in [0.25, 0.3) is 10.4 Å². The number of β-amino-alcohol motifs (C(OH)–C–C–N with tert-alkyl or cyclic N) is 1. The molecule has 2 amide bonds. The number of aromatic nitrogens is 1. The molecule has 1 aliphatic heterocycles. The number of likely N-dealkylation sites (tertiary alicyclic amines) is 1. The summed E-state index contributed by atoms with van der Waals surface area (Å²) < 4.78 is 0. The van der Waals surface area contributed by atoms with Gasteiger partial charge < -0.3 is 20.2 Å². The van der Waals surface area contributed by atoms with Crippen molar-refractivity contribution in [2.45, 2.75) is 78.7 Å².